The normalized spacial score (nSPS) is 13.0. The number of hydrogen-bond donors (Lipinski definition) is 1. The predicted molar refractivity (Wildman–Crippen MR) is 97.1 cm³/mol. The quantitative estimate of drug-likeness (QED) is 0.841. The maximum absolute atomic E-state index is 13.5. The zero-order chi connectivity index (χ0) is 19.4. The van der Waals surface area contributed by atoms with Crippen molar-refractivity contribution in [3.63, 3.8) is 0 Å². The minimum absolute atomic E-state index is 0.228. The SMILES string of the molecule is CCOc1cc(C(=O)N2CCCc3cc(F)ccc32)ccc1OCC(=O)O. The molecule has 0 aromatic heterocycles. The monoisotopic (exact) mass is 373 g/mol. The molecule has 27 heavy (non-hydrogen) atoms. The molecule has 0 bridgehead atoms. The van der Waals surface area contributed by atoms with Crippen LogP contribution in [0.15, 0.2) is 36.4 Å². The number of rotatable bonds is 6. The highest BCUT2D eigenvalue weighted by Crippen LogP contribution is 2.32. The lowest BCUT2D eigenvalue weighted by atomic mass is 10.0. The van der Waals surface area contributed by atoms with E-state index in [1.54, 1.807) is 30.0 Å². The van der Waals surface area contributed by atoms with Gasteiger partial charge in [-0.1, -0.05) is 0 Å². The van der Waals surface area contributed by atoms with Crippen LogP contribution in [0.4, 0.5) is 10.1 Å². The third kappa shape index (κ3) is 4.19. The van der Waals surface area contributed by atoms with Gasteiger partial charge in [0.1, 0.15) is 5.82 Å². The van der Waals surface area contributed by atoms with Crippen molar-refractivity contribution in [3.05, 3.63) is 53.3 Å². The van der Waals surface area contributed by atoms with E-state index in [0.29, 0.717) is 30.2 Å². The van der Waals surface area contributed by atoms with Gasteiger partial charge in [-0.3, -0.25) is 4.79 Å². The van der Waals surface area contributed by atoms with Crippen molar-refractivity contribution in [2.75, 3.05) is 24.7 Å². The zero-order valence-corrected chi connectivity index (χ0v) is 14.9. The number of ether oxygens (including phenoxy) is 2. The van der Waals surface area contributed by atoms with Gasteiger partial charge in [0.2, 0.25) is 0 Å². The molecule has 6 nitrogen and oxygen atoms in total. The van der Waals surface area contributed by atoms with Gasteiger partial charge in [-0.15, -0.1) is 0 Å². The maximum atomic E-state index is 13.5. The number of hydrogen-bond acceptors (Lipinski definition) is 4. The standard InChI is InChI=1S/C20H20FNO5/c1-2-26-18-11-14(5-8-17(18)27-12-19(23)24)20(25)22-9-3-4-13-10-15(21)6-7-16(13)22/h5-8,10-11H,2-4,9,12H2,1H3,(H,23,24). The summed E-state index contributed by atoms with van der Waals surface area (Å²) in [6.07, 6.45) is 1.48. The van der Waals surface area contributed by atoms with E-state index in [4.69, 9.17) is 14.6 Å². The van der Waals surface area contributed by atoms with Crippen LogP contribution in [0.2, 0.25) is 0 Å². The Hall–Kier alpha value is -3.09. The van der Waals surface area contributed by atoms with E-state index < -0.39 is 12.6 Å². The summed E-state index contributed by atoms with van der Waals surface area (Å²) in [6.45, 7) is 2.16. The van der Waals surface area contributed by atoms with Crippen LogP contribution in [0.1, 0.15) is 29.3 Å². The lowest BCUT2D eigenvalue weighted by molar-refractivity contribution is -0.139. The number of carbonyl (C=O) groups is 2. The molecule has 0 saturated heterocycles. The average molecular weight is 373 g/mol. The highest BCUT2D eigenvalue weighted by molar-refractivity contribution is 6.07. The topological polar surface area (TPSA) is 76.1 Å². The molecule has 1 heterocycles. The number of fused-ring (bicyclic) bond motifs is 1. The Bertz CT molecular complexity index is 867. The Balaban J connectivity index is 1.89. The summed E-state index contributed by atoms with van der Waals surface area (Å²) in [5.41, 5.74) is 1.90. The molecule has 1 N–H and O–H groups in total. The molecule has 2 aromatic rings. The van der Waals surface area contributed by atoms with Crippen LogP contribution in [0, 0.1) is 5.82 Å². The molecule has 0 radical (unpaired) electrons. The fourth-order valence-corrected chi connectivity index (χ4v) is 3.10. The van der Waals surface area contributed by atoms with Gasteiger partial charge in [-0.25, -0.2) is 9.18 Å². The second-order valence-corrected chi connectivity index (χ2v) is 6.11. The van der Waals surface area contributed by atoms with Gasteiger partial charge in [0.25, 0.3) is 5.91 Å². The maximum Gasteiger partial charge on any atom is 0.341 e. The first kappa shape index (κ1) is 18.7. The van der Waals surface area contributed by atoms with Crippen molar-refractivity contribution >= 4 is 17.6 Å². The van der Waals surface area contributed by atoms with Crippen LogP contribution in [-0.4, -0.2) is 36.7 Å². The van der Waals surface area contributed by atoms with Gasteiger partial charge in [0.15, 0.2) is 18.1 Å². The van der Waals surface area contributed by atoms with Gasteiger partial charge in [-0.05, 0) is 61.7 Å². The number of nitrogens with zero attached hydrogens (tertiary/aromatic N) is 1. The zero-order valence-electron chi connectivity index (χ0n) is 14.9. The molecule has 0 saturated carbocycles. The first-order valence-electron chi connectivity index (χ1n) is 8.71. The Morgan fingerprint density at radius 2 is 1.96 bits per heavy atom. The van der Waals surface area contributed by atoms with Crippen LogP contribution in [0.3, 0.4) is 0 Å². The smallest absolute Gasteiger partial charge is 0.341 e. The van der Waals surface area contributed by atoms with Gasteiger partial charge in [0.05, 0.1) is 6.61 Å². The Kier molecular flexibility index (Phi) is 5.59. The van der Waals surface area contributed by atoms with Crippen LogP contribution >= 0.6 is 0 Å². The van der Waals surface area contributed by atoms with Crippen molar-refractivity contribution < 1.29 is 28.6 Å². The molecule has 0 fully saturated rings. The summed E-state index contributed by atoms with van der Waals surface area (Å²) in [5, 5.41) is 8.77. The second-order valence-electron chi connectivity index (χ2n) is 6.11. The van der Waals surface area contributed by atoms with E-state index >= 15 is 0 Å². The number of aryl methyl sites for hydroxylation is 1. The summed E-state index contributed by atoms with van der Waals surface area (Å²) in [7, 11) is 0. The number of amides is 1. The summed E-state index contributed by atoms with van der Waals surface area (Å²) >= 11 is 0. The van der Waals surface area contributed by atoms with Crippen molar-refractivity contribution in [1.82, 2.24) is 0 Å². The summed E-state index contributed by atoms with van der Waals surface area (Å²) in [6, 6.07) is 9.06. The highest BCUT2D eigenvalue weighted by atomic mass is 19.1. The number of carboxylic acid groups (broad SMARTS) is 1. The third-order valence-corrected chi connectivity index (χ3v) is 4.25. The molecule has 3 rings (SSSR count). The average Bonchev–Trinajstić information content (AvgIpc) is 2.65. The molecule has 142 valence electrons. The summed E-state index contributed by atoms with van der Waals surface area (Å²) < 4.78 is 24.2. The number of aliphatic carboxylic acids is 1. The number of halogens is 1. The fourth-order valence-electron chi connectivity index (χ4n) is 3.10. The van der Waals surface area contributed by atoms with E-state index in [9.17, 15) is 14.0 Å². The molecule has 7 heteroatoms. The van der Waals surface area contributed by atoms with Crippen LogP contribution in [-0.2, 0) is 11.2 Å². The number of carbonyl (C=O) groups excluding carboxylic acids is 1. The van der Waals surface area contributed by atoms with E-state index in [0.717, 1.165) is 18.4 Å². The molecule has 1 amide bonds. The Labute approximate surface area is 156 Å². The second kappa shape index (κ2) is 8.07. The van der Waals surface area contributed by atoms with Crippen molar-refractivity contribution in [2.24, 2.45) is 0 Å². The molecule has 1 aliphatic rings. The van der Waals surface area contributed by atoms with Crippen molar-refractivity contribution in [2.45, 2.75) is 19.8 Å². The van der Waals surface area contributed by atoms with Crippen LogP contribution < -0.4 is 14.4 Å². The fraction of sp³-hybridized carbons (Fsp3) is 0.300. The first-order chi connectivity index (χ1) is 13.0. The van der Waals surface area contributed by atoms with Gasteiger partial charge >= 0.3 is 5.97 Å². The molecule has 1 aliphatic heterocycles. The lowest BCUT2D eigenvalue weighted by Gasteiger charge is -2.29. The summed E-state index contributed by atoms with van der Waals surface area (Å²) in [4.78, 5) is 25.4. The first-order valence-corrected chi connectivity index (χ1v) is 8.71. The number of carboxylic acids is 1. The Morgan fingerprint density at radius 1 is 1.15 bits per heavy atom. The van der Waals surface area contributed by atoms with Crippen LogP contribution in [0.25, 0.3) is 0 Å². The molecule has 0 spiro atoms. The minimum atomic E-state index is -1.10. The van der Waals surface area contributed by atoms with Crippen molar-refractivity contribution in [1.29, 1.82) is 0 Å². The summed E-state index contributed by atoms with van der Waals surface area (Å²) in [5.74, 6) is -1.08. The van der Waals surface area contributed by atoms with Gasteiger partial charge < -0.3 is 19.5 Å². The van der Waals surface area contributed by atoms with E-state index in [2.05, 4.69) is 0 Å². The van der Waals surface area contributed by atoms with E-state index in [1.807, 2.05) is 0 Å². The molecule has 0 aliphatic carbocycles. The van der Waals surface area contributed by atoms with Gasteiger partial charge in [-0.2, -0.15) is 0 Å². The van der Waals surface area contributed by atoms with Crippen LogP contribution in [0.5, 0.6) is 11.5 Å². The van der Waals surface area contributed by atoms with E-state index in [1.165, 1.54) is 18.2 Å². The molecule has 0 atom stereocenters. The minimum Gasteiger partial charge on any atom is -0.490 e. The number of benzene rings is 2. The molecular weight excluding hydrogens is 353 g/mol. The molecule has 0 unspecified atom stereocenters. The van der Waals surface area contributed by atoms with E-state index in [-0.39, 0.29) is 17.5 Å². The predicted octanol–water partition coefficient (Wildman–Crippen LogP) is 3.28. The number of anilines is 1. The molecule has 2 aromatic carbocycles. The molecular formula is C20H20FNO5. The lowest BCUT2D eigenvalue weighted by Crippen LogP contribution is -2.35. The van der Waals surface area contributed by atoms with Crippen molar-refractivity contribution in [3.8, 4) is 11.5 Å². The largest absolute Gasteiger partial charge is 0.490 e. The highest BCUT2D eigenvalue weighted by Gasteiger charge is 2.25. The Morgan fingerprint density at radius 3 is 2.70 bits per heavy atom. The third-order valence-electron chi connectivity index (χ3n) is 4.25. The van der Waals surface area contributed by atoms with Gasteiger partial charge in [0, 0.05) is 17.8 Å².